The molecule has 46 heavy (non-hydrogen) atoms. The molecule has 6 heterocycles. The van der Waals surface area contributed by atoms with Gasteiger partial charge in [0.2, 0.25) is 0 Å². The van der Waals surface area contributed by atoms with Crippen LogP contribution in [0, 0.1) is 11.8 Å². The molecule has 22 heteroatoms. The number of imidazole rings is 2. The van der Waals surface area contributed by atoms with Gasteiger partial charge in [0.25, 0.3) is 20.4 Å². The number of nitrogens with zero attached hydrogens (tertiary/aromatic N) is 7. The van der Waals surface area contributed by atoms with Crippen LogP contribution in [0.4, 0.5) is 5.82 Å². The quantitative estimate of drug-likeness (QED) is 0.0816. The van der Waals surface area contributed by atoms with Gasteiger partial charge in [-0.2, -0.15) is 16.8 Å². The SMILES string of the molecule is Clc1ncnc2nc[nH]c12.NS(=O)(=O)NCCC1CCN(c2ncnc3nc[nH]c23)CC1.NS(=O)(=O)NCCC1CC[NH2+]CC1.[Cl-]. The molecule has 256 valence electrons. The highest BCUT2D eigenvalue weighted by molar-refractivity contribution is 7.87. The van der Waals surface area contributed by atoms with Crippen molar-refractivity contribution in [3.05, 3.63) is 30.5 Å². The largest absolute Gasteiger partial charge is 1.00 e. The highest BCUT2D eigenvalue weighted by Crippen LogP contribution is 2.26. The average molecular weight is 724 g/mol. The van der Waals surface area contributed by atoms with Crippen molar-refractivity contribution in [2.24, 2.45) is 22.1 Å². The van der Waals surface area contributed by atoms with Gasteiger partial charge in [-0.05, 0) is 50.4 Å². The minimum absolute atomic E-state index is 0. The molecule has 0 amide bonds. The summed E-state index contributed by atoms with van der Waals surface area (Å²) in [7, 11) is -7.07. The summed E-state index contributed by atoms with van der Waals surface area (Å²) >= 11 is 5.68. The fourth-order valence-corrected chi connectivity index (χ4v) is 6.24. The van der Waals surface area contributed by atoms with Gasteiger partial charge < -0.3 is 32.6 Å². The third-order valence-electron chi connectivity index (χ3n) is 7.56. The Morgan fingerprint density at radius 2 is 1.28 bits per heavy atom. The lowest BCUT2D eigenvalue weighted by Crippen LogP contribution is -3.00. The number of halogens is 2. The number of hydrogen-bond acceptors (Lipinski definition) is 11. The molecule has 2 fully saturated rings. The van der Waals surface area contributed by atoms with E-state index in [4.69, 9.17) is 21.9 Å². The molecular weight excluding hydrogens is 683 g/mol. The number of H-pyrrole nitrogens is 2. The van der Waals surface area contributed by atoms with Gasteiger partial charge >= 0.3 is 0 Å². The molecule has 4 aromatic heterocycles. The van der Waals surface area contributed by atoms with Crippen LogP contribution in [0.2, 0.25) is 5.15 Å². The first kappa shape index (κ1) is 37.6. The summed E-state index contributed by atoms with van der Waals surface area (Å²) in [4.78, 5) is 32.2. The first-order valence-electron chi connectivity index (χ1n) is 14.5. The monoisotopic (exact) mass is 722 g/mol. The molecule has 0 aromatic carbocycles. The van der Waals surface area contributed by atoms with E-state index in [1.807, 2.05) is 0 Å². The van der Waals surface area contributed by atoms with Crippen LogP contribution >= 0.6 is 11.6 Å². The lowest BCUT2D eigenvalue weighted by Gasteiger charge is -2.32. The van der Waals surface area contributed by atoms with E-state index in [0.717, 1.165) is 50.1 Å². The number of piperidine rings is 2. The van der Waals surface area contributed by atoms with E-state index in [-0.39, 0.29) is 12.4 Å². The third-order valence-corrected chi connectivity index (χ3v) is 9.06. The van der Waals surface area contributed by atoms with Crippen LogP contribution in [-0.4, -0.2) is 96.0 Å². The van der Waals surface area contributed by atoms with Crippen LogP contribution in [0.1, 0.15) is 38.5 Å². The first-order valence-corrected chi connectivity index (χ1v) is 18.0. The Morgan fingerprint density at radius 1 is 0.783 bits per heavy atom. The lowest BCUT2D eigenvalue weighted by atomic mass is 9.93. The maximum atomic E-state index is 10.8. The molecule has 0 radical (unpaired) electrons. The Balaban J connectivity index is 0.000000204. The highest BCUT2D eigenvalue weighted by Gasteiger charge is 2.22. The van der Waals surface area contributed by atoms with Gasteiger partial charge in [-0.3, -0.25) is 0 Å². The summed E-state index contributed by atoms with van der Waals surface area (Å²) in [5.74, 6) is 2.03. The van der Waals surface area contributed by atoms with E-state index in [1.165, 1.54) is 44.9 Å². The second-order valence-corrected chi connectivity index (χ2v) is 13.9. The Hall–Kier alpha value is -2.82. The molecule has 10 N–H and O–H groups in total. The van der Waals surface area contributed by atoms with Crippen molar-refractivity contribution in [1.82, 2.24) is 49.3 Å². The summed E-state index contributed by atoms with van der Waals surface area (Å²) < 4.78 is 47.4. The van der Waals surface area contributed by atoms with E-state index in [1.54, 1.807) is 6.33 Å². The van der Waals surface area contributed by atoms with Crippen molar-refractivity contribution in [2.75, 3.05) is 44.2 Å². The number of nitrogens with two attached hydrogens (primary N) is 3. The summed E-state index contributed by atoms with van der Waals surface area (Å²) in [6, 6.07) is 0. The van der Waals surface area contributed by atoms with Crippen molar-refractivity contribution in [3.8, 4) is 0 Å². The van der Waals surface area contributed by atoms with E-state index < -0.39 is 20.4 Å². The normalized spacial score (nSPS) is 16.3. The first-order chi connectivity index (χ1) is 21.5. The number of nitrogens with one attached hydrogen (secondary N) is 4. The van der Waals surface area contributed by atoms with Crippen molar-refractivity contribution in [3.63, 3.8) is 0 Å². The van der Waals surface area contributed by atoms with Crippen LogP contribution in [0.3, 0.4) is 0 Å². The van der Waals surface area contributed by atoms with Crippen LogP contribution in [0.5, 0.6) is 0 Å². The number of anilines is 1. The predicted octanol–water partition coefficient (Wildman–Crippen LogP) is -4.09. The number of aromatic nitrogens is 8. The maximum absolute atomic E-state index is 10.8. The Morgan fingerprint density at radius 3 is 1.83 bits per heavy atom. The summed E-state index contributed by atoms with van der Waals surface area (Å²) in [6.45, 7) is 4.96. The summed E-state index contributed by atoms with van der Waals surface area (Å²) in [5, 5.41) is 12.4. The van der Waals surface area contributed by atoms with Crippen LogP contribution in [-0.2, 0) is 20.4 Å². The van der Waals surface area contributed by atoms with Gasteiger partial charge in [-0.1, -0.05) is 11.6 Å². The van der Waals surface area contributed by atoms with Crippen LogP contribution in [0.25, 0.3) is 22.3 Å². The molecule has 0 saturated carbocycles. The fraction of sp³-hybridized carbons (Fsp3) is 0.583. The van der Waals surface area contributed by atoms with Crippen molar-refractivity contribution >= 4 is 60.2 Å². The minimum atomic E-state index is -3.59. The molecule has 0 aliphatic carbocycles. The van der Waals surface area contributed by atoms with E-state index in [9.17, 15) is 16.8 Å². The lowest BCUT2D eigenvalue weighted by molar-refractivity contribution is -0.664. The Bertz CT molecular complexity index is 1710. The number of hydrogen-bond donors (Lipinski definition) is 7. The van der Waals surface area contributed by atoms with Gasteiger partial charge in [0.05, 0.1) is 25.7 Å². The molecule has 0 unspecified atom stereocenters. The molecule has 0 spiro atoms. The van der Waals surface area contributed by atoms with E-state index in [0.29, 0.717) is 46.9 Å². The van der Waals surface area contributed by atoms with Gasteiger partial charge in [-0.25, -0.2) is 49.6 Å². The zero-order chi connectivity index (χ0) is 32.3. The van der Waals surface area contributed by atoms with Gasteiger partial charge in [0, 0.05) is 26.2 Å². The Kier molecular flexibility index (Phi) is 14.7. The van der Waals surface area contributed by atoms with E-state index in [2.05, 4.69) is 59.5 Å². The molecule has 0 atom stereocenters. The molecule has 6 rings (SSSR count). The van der Waals surface area contributed by atoms with Gasteiger partial charge in [0.15, 0.2) is 22.3 Å². The van der Waals surface area contributed by atoms with Crippen molar-refractivity contribution in [1.29, 1.82) is 0 Å². The zero-order valence-electron chi connectivity index (χ0n) is 25.0. The molecular formula is C24H40Cl2N14O4S2. The highest BCUT2D eigenvalue weighted by atomic mass is 35.5. The second kappa shape index (κ2) is 17.9. The number of fused-ring (bicyclic) bond motifs is 2. The van der Waals surface area contributed by atoms with Crippen molar-refractivity contribution in [2.45, 2.75) is 38.5 Å². The molecule has 4 aromatic rings. The zero-order valence-corrected chi connectivity index (χ0v) is 28.2. The van der Waals surface area contributed by atoms with Gasteiger partial charge in [-0.15, -0.1) is 0 Å². The minimum Gasteiger partial charge on any atom is -1.00 e. The molecule has 2 aliphatic heterocycles. The summed E-state index contributed by atoms with van der Waals surface area (Å²) in [5.41, 5.74) is 2.81. The van der Waals surface area contributed by atoms with E-state index >= 15 is 0 Å². The molecule has 2 saturated heterocycles. The maximum Gasteiger partial charge on any atom is 0.274 e. The topological polar surface area (TPSA) is 273 Å². The molecule has 0 bridgehead atoms. The fourth-order valence-electron chi connectivity index (χ4n) is 5.26. The summed E-state index contributed by atoms with van der Waals surface area (Å²) in [6.07, 6.45) is 12.1. The molecule has 18 nitrogen and oxygen atoms in total. The Labute approximate surface area is 278 Å². The molecule has 2 aliphatic rings. The average Bonchev–Trinajstić information content (AvgIpc) is 3.68. The number of quaternary nitrogens is 1. The third kappa shape index (κ3) is 12.4. The van der Waals surface area contributed by atoms with Crippen LogP contribution in [0.15, 0.2) is 25.3 Å². The smallest absolute Gasteiger partial charge is 0.274 e. The number of aromatic amines is 2. The second-order valence-electron chi connectivity index (χ2n) is 10.8. The van der Waals surface area contributed by atoms with Gasteiger partial charge in [0.1, 0.15) is 23.7 Å². The van der Waals surface area contributed by atoms with Crippen molar-refractivity contribution < 1.29 is 34.6 Å². The van der Waals surface area contributed by atoms with Crippen LogP contribution < -0.4 is 42.3 Å². The number of rotatable bonds is 9. The standard InChI is InChI=1S/C12H19N7O2S.C7H17N3O2S.C5H3ClN4.ClH/c13-22(20,21)18-4-1-9-2-5-19(6-3-9)12-10-11(15-7-14-10)16-8-17-12;8-13(11,12)10-6-3-7-1-4-9-5-2-7;6-4-3-5(9-1-7-3)10-2-8-4;/h7-9,18H,1-6H2,(H2,13,20,21)(H,14,15,16,17);7,9-10H,1-6H2,(H2,8,11,12);1-2H,(H,7,8,9,10);1H. The predicted molar refractivity (Wildman–Crippen MR) is 169 cm³/mol.